The van der Waals surface area contributed by atoms with Gasteiger partial charge in [-0.05, 0) is 72.6 Å². The van der Waals surface area contributed by atoms with E-state index in [0.29, 0.717) is 44.7 Å². The molecule has 48 heavy (non-hydrogen) atoms. The summed E-state index contributed by atoms with van der Waals surface area (Å²) in [6, 6.07) is 10.8. The molecule has 0 N–H and O–H groups in total. The predicted octanol–water partition coefficient (Wildman–Crippen LogP) is 6.04. The number of ether oxygens (including phenoxy) is 3. The van der Waals surface area contributed by atoms with E-state index in [2.05, 4.69) is 4.90 Å². The van der Waals surface area contributed by atoms with E-state index in [4.69, 9.17) is 14.2 Å². The molecule has 0 unspecified atom stereocenters. The molecule has 12 heteroatoms. The minimum absolute atomic E-state index is 0.0587. The SMILES string of the molecule is CN(CCCN1CCN(C(=O)CN(C(=O)OC(C)(C)C)[C@@H]2C[C@H]2c2cc(F)cc(F)c2OCc2ccccc2)CC1)C(=O)OC(C)(C)C. The Balaban J connectivity index is 1.37. The first-order valence-electron chi connectivity index (χ1n) is 16.6. The van der Waals surface area contributed by atoms with Gasteiger partial charge in [0.15, 0.2) is 11.6 Å². The number of benzene rings is 2. The molecule has 2 aromatic rings. The average molecular weight is 673 g/mol. The van der Waals surface area contributed by atoms with E-state index in [1.807, 2.05) is 51.1 Å². The second-order valence-corrected chi connectivity index (χ2v) is 14.6. The monoisotopic (exact) mass is 672 g/mol. The smallest absolute Gasteiger partial charge is 0.411 e. The Morgan fingerprint density at radius 2 is 1.52 bits per heavy atom. The van der Waals surface area contributed by atoms with E-state index < -0.39 is 40.9 Å². The van der Waals surface area contributed by atoms with Crippen molar-refractivity contribution >= 4 is 18.1 Å². The van der Waals surface area contributed by atoms with Gasteiger partial charge in [0.05, 0.1) is 0 Å². The van der Waals surface area contributed by atoms with Gasteiger partial charge in [-0.25, -0.2) is 18.4 Å². The molecule has 4 rings (SSSR count). The summed E-state index contributed by atoms with van der Waals surface area (Å²) in [5.74, 6) is -2.27. The molecule has 10 nitrogen and oxygen atoms in total. The van der Waals surface area contributed by atoms with Crippen molar-refractivity contribution in [2.75, 3.05) is 52.9 Å². The van der Waals surface area contributed by atoms with Crippen molar-refractivity contribution < 1.29 is 37.4 Å². The number of amides is 3. The summed E-state index contributed by atoms with van der Waals surface area (Å²) < 4.78 is 46.5. The third-order valence-electron chi connectivity index (χ3n) is 8.15. The van der Waals surface area contributed by atoms with E-state index in [9.17, 15) is 18.8 Å². The Kier molecular flexibility index (Phi) is 11.9. The summed E-state index contributed by atoms with van der Waals surface area (Å²) in [7, 11) is 1.72. The molecule has 1 aliphatic carbocycles. The second kappa shape index (κ2) is 15.5. The van der Waals surface area contributed by atoms with Crippen molar-refractivity contribution in [3.05, 3.63) is 65.2 Å². The van der Waals surface area contributed by atoms with Crippen LogP contribution in [-0.4, -0.2) is 108 Å². The molecule has 1 heterocycles. The van der Waals surface area contributed by atoms with Crippen molar-refractivity contribution in [3.63, 3.8) is 0 Å². The number of halogens is 2. The number of carbonyl (C=O) groups is 3. The topological polar surface area (TPSA) is 91.9 Å². The fourth-order valence-electron chi connectivity index (χ4n) is 5.66. The highest BCUT2D eigenvalue weighted by Crippen LogP contribution is 2.49. The second-order valence-electron chi connectivity index (χ2n) is 14.6. The van der Waals surface area contributed by atoms with Crippen molar-refractivity contribution in [2.24, 2.45) is 0 Å². The third-order valence-corrected chi connectivity index (χ3v) is 8.15. The lowest BCUT2D eigenvalue weighted by Crippen LogP contribution is -2.52. The number of rotatable bonds is 11. The van der Waals surface area contributed by atoms with Crippen LogP contribution in [0.1, 0.15) is 71.4 Å². The largest absolute Gasteiger partial charge is 0.486 e. The molecular formula is C36H50F2N4O6. The number of piperazine rings is 1. The Labute approximate surface area is 282 Å². The molecule has 1 aliphatic heterocycles. The van der Waals surface area contributed by atoms with Crippen LogP contribution >= 0.6 is 0 Å². The van der Waals surface area contributed by atoms with Gasteiger partial charge < -0.3 is 24.0 Å². The van der Waals surface area contributed by atoms with E-state index in [1.54, 1.807) is 37.6 Å². The minimum Gasteiger partial charge on any atom is -0.486 e. The number of hydrogen-bond donors (Lipinski definition) is 0. The molecule has 1 saturated heterocycles. The molecule has 2 aromatic carbocycles. The van der Waals surface area contributed by atoms with E-state index in [0.717, 1.165) is 24.6 Å². The first-order valence-corrected chi connectivity index (χ1v) is 16.6. The first-order chi connectivity index (χ1) is 22.5. The predicted molar refractivity (Wildman–Crippen MR) is 178 cm³/mol. The van der Waals surface area contributed by atoms with Crippen molar-refractivity contribution in [1.82, 2.24) is 19.6 Å². The average Bonchev–Trinajstić information content (AvgIpc) is 3.78. The van der Waals surface area contributed by atoms with Gasteiger partial charge in [0, 0.05) is 63.4 Å². The van der Waals surface area contributed by atoms with E-state index >= 15 is 4.39 Å². The molecule has 1 saturated carbocycles. The first kappa shape index (κ1) is 36.9. The van der Waals surface area contributed by atoms with E-state index in [-0.39, 0.29) is 30.9 Å². The minimum atomic E-state index is -0.819. The maximum Gasteiger partial charge on any atom is 0.411 e. The van der Waals surface area contributed by atoms with Gasteiger partial charge in [-0.2, -0.15) is 0 Å². The molecular weight excluding hydrogens is 622 g/mol. The zero-order valence-corrected chi connectivity index (χ0v) is 29.3. The highest BCUT2D eigenvalue weighted by molar-refractivity contribution is 5.83. The standard InChI is InChI=1S/C36H50F2N4O6/c1-35(2,3)47-33(44)39(7)14-11-15-40-16-18-41(19-17-40)31(43)23-42(34(45)48-36(4,5)6)30-22-27(30)28-20-26(37)21-29(38)32(28)46-24-25-12-9-8-10-13-25/h8-10,12-13,20-21,27,30H,11,14-19,22-24H2,1-7H3/t27-,30+/m0/s1. The van der Waals surface area contributed by atoms with Gasteiger partial charge in [-0.15, -0.1) is 0 Å². The summed E-state index contributed by atoms with van der Waals surface area (Å²) in [6.45, 7) is 14.2. The molecule has 0 spiro atoms. The maximum atomic E-state index is 15.0. The Morgan fingerprint density at radius 3 is 2.15 bits per heavy atom. The molecule has 2 fully saturated rings. The van der Waals surface area contributed by atoms with Crippen LogP contribution in [0.2, 0.25) is 0 Å². The van der Waals surface area contributed by atoms with Crippen molar-refractivity contribution in [1.29, 1.82) is 0 Å². The van der Waals surface area contributed by atoms with Crippen LogP contribution < -0.4 is 4.74 Å². The summed E-state index contributed by atoms with van der Waals surface area (Å²) in [6.07, 6.45) is 0.156. The molecule has 264 valence electrons. The van der Waals surface area contributed by atoms with E-state index in [1.165, 1.54) is 11.0 Å². The van der Waals surface area contributed by atoms with Crippen LogP contribution in [0.4, 0.5) is 18.4 Å². The van der Waals surface area contributed by atoms with Gasteiger partial charge in [0.2, 0.25) is 5.91 Å². The molecule has 0 bridgehead atoms. The van der Waals surface area contributed by atoms with Crippen LogP contribution in [0, 0.1) is 11.6 Å². The lowest BCUT2D eigenvalue weighted by molar-refractivity contribution is -0.134. The molecule has 2 atom stereocenters. The Morgan fingerprint density at radius 1 is 0.896 bits per heavy atom. The summed E-state index contributed by atoms with van der Waals surface area (Å²) in [5.41, 5.74) is -0.208. The van der Waals surface area contributed by atoms with Crippen LogP contribution in [0.3, 0.4) is 0 Å². The fourth-order valence-corrected chi connectivity index (χ4v) is 5.66. The van der Waals surface area contributed by atoms with Crippen molar-refractivity contribution in [3.8, 4) is 5.75 Å². The van der Waals surface area contributed by atoms with Crippen LogP contribution in [0.25, 0.3) is 0 Å². The molecule has 0 radical (unpaired) electrons. The van der Waals surface area contributed by atoms with Crippen LogP contribution in [0.5, 0.6) is 5.75 Å². The van der Waals surface area contributed by atoms with Gasteiger partial charge in [0.25, 0.3) is 0 Å². The van der Waals surface area contributed by atoms with Crippen LogP contribution in [-0.2, 0) is 20.9 Å². The molecule has 2 aliphatic rings. The maximum absolute atomic E-state index is 15.0. The lowest BCUT2D eigenvalue weighted by Gasteiger charge is -2.36. The fraction of sp³-hybridized carbons (Fsp3) is 0.583. The summed E-state index contributed by atoms with van der Waals surface area (Å²) in [5, 5.41) is 0. The Hall–Kier alpha value is -3.93. The molecule has 0 aromatic heterocycles. The van der Waals surface area contributed by atoms with Crippen molar-refractivity contribution in [2.45, 2.75) is 84.2 Å². The summed E-state index contributed by atoms with van der Waals surface area (Å²) >= 11 is 0. The van der Waals surface area contributed by atoms with Gasteiger partial charge in [-0.1, -0.05) is 30.3 Å². The van der Waals surface area contributed by atoms with Gasteiger partial charge in [0.1, 0.15) is 30.2 Å². The Bertz CT molecular complexity index is 1420. The zero-order valence-electron chi connectivity index (χ0n) is 29.3. The van der Waals surface area contributed by atoms with Crippen LogP contribution in [0.15, 0.2) is 42.5 Å². The highest BCUT2D eigenvalue weighted by Gasteiger charge is 2.49. The normalized spacial score (nSPS) is 18.2. The third kappa shape index (κ3) is 10.8. The number of hydrogen-bond acceptors (Lipinski definition) is 7. The highest BCUT2D eigenvalue weighted by atomic mass is 19.1. The lowest BCUT2D eigenvalue weighted by atomic mass is 10.1. The van der Waals surface area contributed by atoms with Gasteiger partial charge in [-0.3, -0.25) is 14.6 Å². The number of nitrogens with zero attached hydrogens (tertiary/aromatic N) is 4. The number of carbonyl (C=O) groups excluding carboxylic acids is 3. The zero-order chi connectivity index (χ0) is 35.2. The molecule has 3 amide bonds. The van der Waals surface area contributed by atoms with Gasteiger partial charge >= 0.3 is 12.2 Å². The quantitative estimate of drug-likeness (QED) is 0.288. The summed E-state index contributed by atoms with van der Waals surface area (Å²) in [4.78, 5) is 46.1.